The first-order chi connectivity index (χ1) is 12.1. The van der Waals surface area contributed by atoms with E-state index in [9.17, 15) is 13.2 Å². The molecular formula is C18H20Cl2N2O3S. The van der Waals surface area contributed by atoms with E-state index in [2.05, 4.69) is 5.32 Å². The van der Waals surface area contributed by atoms with Gasteiger partial charge in [0.2, 0.25) is 15.9 Å². The molecule has 0 aliphatic rings. The van der Waals surface area contributed by atoms with Gasteiger partial charge < -0.3 is 5.32 Å². The molecule has 0 saturated carbocycles. The number of carbonyl (C=O) groups is 1. The first kappa shape index (κ1) is 20.7. The molecule has 26 heavy (non-hydrogen) atoms. The molecule has 0 aromatic heterocycles. The zero-order valence-corrected chi connectivity index (χ0v) is 17.0. The summed E-state index contributed by atoms with van der Waals surface area (Å²) in [5.41, 5.74) is 3.29. The van der Waals surface area contributed by atoms with Crippen LogP contribution in [0.5, 0.6) is 0 Å². The molecule has 0 fully saturated rings. The molecule has 5 nitrogen and oxygen atoms in total. The van der Waals surface area contributed by atoms with E-state index in [1.165, 1.54) is 0 Å². The number of halogens is 2. The van der Waals surface area contributed by atoms with Crippen molar-refractivity contribution < 1.29 is 13.2 Å². The molecule has 0 atom stereocenters. The van der Waals surface area contributed by atoms with Crippen molar-refractivity contribution in [1.82, 2.24) is 4.31 Å². The first-order valence-corrected chi connectivity index (χ1v) is 10.4. The lowest BCUT2D eigenvalue weighted by atomic mass is 10.1. The fourth-order valence-electron chi connectivity index (χ4n) is 2.37. The van der Waals surface area contributed by atoms with Gasteiger partial charge in [-0.1, -0.05) is 41.4 Å². The summed E-state index contributed by atoms with van der Waals surface area (Å²) < 4.78 is 25.3. The van der Waals surface area contributed by atoms with E-state index in [1.807, 2.05) is 26.0 Å². The lowest BCUT2D eigenvalue weighted by Crippen LogP contribution is -2.37. The minimum absolute atomic E-state index is 0.0238. The van der Waals surface area contributed by atoms with Gasteiger partial charge in [-0.25, -0.2) is 8.42 Å². The van der Waals surface area contributed by atoms with Gasteiger partial charge in [-0.15, -0.1) is 0 Å². The van der Waals surface area contributed by atoms with Gasteiger partial charge in [0.1, 0.15) is 0 Å². The SMILES string of the molecule is Cc1cccc(NC(=O)CN(Cc2ccc(Cl)c(Cl)c2)S(C)(=O)=O)c1C. The van der Waals surface area contributed by atoms with Gasteiger partial charge in [0.25, 0.3) is 0 Å². The lowest BCUT2D eigenvalue weighted by molar-refractivity contribution is -0.116. The number of benzene rings is 2. The molecule has 1 amide bonds. The average Bonchev–Trinajstić information content (AvgIpc) is 2.54. The summed E-state index contributed by atoms with van der Waals surface area (Å²) in [6.07, 6.45) is 1.07. The predicted molar refractivity (Wildman–Crippen MR) is 106 cm³/mol. The number of rotatable bonds is 6. The van der Waals surface area contributed by atoms with Crippen molar-refractivity contribution in [1.29, 1.82) is 0 Å². The summed E-state index contributed by atoms with van der Waals surface area (Å²) in [6, 6.07) is 10.4. The number of anilines is 1. The van der Waals surface area contributed by atoms with Gasteiger partial charge in [-0.2, -0.15) is 4.31 Å². The molecule has 0 aliphatic heterocycles. The highest BCUT2D eigenvalue weighted by Crippen LogP contribution is 2.24. The van der Waals surface area contributed by atoms with Crippen molar-refractivity contribution in [2.75, 3.05) is 18.1 Å². The van der Waals surface area contributed by atoms with Crippen LogP contribution >= 0.6 is 23.2 Å². The summed E-state index contributed by atoms with van der Waals surface area (Å²) in [4.78, 5) is 12.4. The van der Waals surface area contributed by atoms with E-state index in [0.717, 1.165) is 21.7 Å². The molecule has 0 unspecified atom stereocenters. The minimum atomic E-state index is -3.60. The average molecular weight is 415 g/mol. The molecule has 2 aromatic carbocycles. The van der Waals surface area contributed by atoms with Crippen molar-refractivity contribution >= 4 is 44.8 Å². The molecule has 140 valence electrons. The van der Waals surface area contributed by atoms with Crippen molar-refractivity contribution in [2.45, 2.75) is 20.4 Å². The number of hydrogen-bond acceptors (Lipinski definition) is 3. The highest BCUT2D eigenvalue weighted by Gasteiger charge is 2.21. The Morgan fingerprint density at radius 1 is 1.12 bits per heavy atom. The van der Waals surface area contributed by atoms with Crippen LogP contribution in [0, 0.1) is 13.8 Å². The lowest BCUT2D eigenvalue weighted by Gasteiger charge is -2.20. The Kier molecular flexibility index (Phi) is 6.69. The topological polar surface area (TPSA) is 66.5 Å². The monoisotopic (exact) mass is 414 g/mol. The molecule has 2 aromatic rings. The largest absolute Gasteiger partial charge is 0.325 e. The molecule has 0 bridgehead atoms. The summed E-state index contributed by atoms with van der Waals surface area (Å²) in [5.74, 6) is -0.413. The molecule has 0 radical (unpaired) electrons. The van der Waals surface area contributed by atoms with E-state index in [-0.39, 0.29) is 13.1 Å². The van der Waals surface area contributed by atoms with Gasteiger partial charge in [0, 0.05) is 12.2 Å². The van der Waals surface area contributed by atoms with E-state index >= 15 is 0 Å². The zero-order valence-electron chi connectivity index (χ0n) is 14.7. The molecule has 2 rings (SSSR count). The van der Waals surface area contributed by atoms with Gasteiger partial charge in [-0.3, -0.25) is 4.79 Å². The van der Waals surface area contributed by atoms with Crippen LogP contribution in [0.1, 0.15) is 16.7 Å². The maximum Gasteiger partial charge on any atom is 0.239 e. The first-order valence-electron chi connectivity index (χ1n) is 7.83. The molecule has 1 N–H and O–H groups in total. The highest BCUT2D eigenvalue weighted by molar-refractivity contribution is 7.88. The number of nitrogens with one attached hydrogen (secondary N) is 1. The maximum atomic E-state index is 12.4. The molecule has 0 aliphatic carbocycles. The van der Waals surface area contributed by atoms with Crippen LogP contribution < -0.4 is 5.32 Å². The number of carbonyl (C=O) groups excluding carboxylic acids is 1. The fourth-order valence-corrected chi connectivity index (χ4v) is 3.42. The van der Waals surface area contributed by atoms with Crippen LogP contribution in [-0.2, 0) is 21.4 Å². The van der Waals surface area contributed by atoms with Crippen molar-refractivity contribution in [2.24, 2.45) is 0 Å². The third-order valence-corrected chi connectivity index (χ3v) is 5.95. The molecule has 8 heteroatoms. The molecular weight excluding hydrogens is 395 g/mol. The summed E-state index contributed by atoms with van der Waals surface area (Å²) in [7, 11) is -3.60. The Balaban J connectivity index is 2.16. The van der Waals surface area contributed by atoms with E-state index in [0.29, 0.717) is 21.3 Å². The summed E-state index contributed by atoms with van der Waals surface area (Å²) in [6.45, 7) is 3.56. The Bertz CT molecular complexity index is 930. The smallest absolute Gasteiger partial charge is 0.239 e. The van der Waals surface area contributed by atoms with Crippen LogP contribution in [0.4, 0.5) is 5.69 Å². The van der Waals surface area contributed by atoms with Crippen LogP contribution in [0.2, 0.25) is 10.0 Å². The quantitative estimate of drug-likeness (QED) is 0.775. The zero-order chi connectivity index (χ0) is 19.5. The third kappa shape index (κ3) is 5.45. The number of nitrogens with zero attached hydrogens (tertiary/aromatic N) is 1. The molecule has 0 heterocycles. The van der Waals surface area contributed by atoms with Crippen molar-refractivity contribution in [3.05, 3.63) is 63.1 Å². The van der Waals surface area contributed by atoms with Crippen LogP contribution in [-0.4, -0.2) is 31.4 Å². The minimum Gasteiger partial charge on any atom is -0.325 e. The van der Waals surface area contributed by atoms with Gasteiger partial charge in [0.15, 0.2) is 0 Å². The second-order valence-corrected chi connectivity index (χ2v) is 8.87. The molecule has 0 spiro atoms. The van der Waals surface area contributed by atoms with E-state index in [4.69, 9.17) is 23.2 Å². The van der Waals surface area contributed by atoms with Gasteiger partial charge in [-0.05, 0) is 48.7 Å². The standard InChI is InChI=1S/C18H20Cl2N2O3S/c1-12-5-4-6-17(13(12)2)21-18(23)11-22(26(3,24)25)10-14-7-8-15(19)16(20)9-14/h4-9H,10-11H2,1-3H3,(H,21,23). The van der Waals surface area contributed by atoms with Gasteiger partial charge >= 0.3 is 0 Å². The summed E-state index contributed by atoms with van der Waals surface area (Å²) in [5, 5.41) is 3.48. The molecule has 0 saturated heterocycles. The number of aryl methyl sites for hydroxylation is 1. The van der Waals surface area contributed by atoms with Crippen molar-refractivity contribution in [3.63, 3.8) is 0 Å². The Hall–Kier alpha value is -1.60. The Labute approximate surface area is 164 Å². The van der Waals surface area contributed by atoms with Crippen molar-refractivity contribution in [3.8, 4) is 0 Å². The number of sulfonamides is 1. The number of amides is 1. The van der Waals surface area contributed by atoms with Gasteiger partial charge in [0.05, 0.1) is 22.8 Å². The van der Waals surface area contributed by atoms with E-state index < -0.39 is 15.9 Å². The predicted octanol–water partition coefficient (Wildman–Crippen LogP) is 4.01. The Morgan fingerprint density at radius 3 is 2.42 bits per heavy atom. The number of hydrogen-bond donors (Lipinski definition) is 1. The fraction of sp³-hybridized carbons (Fsp3) is 0.278. The van der Waals surface area contributed by atoms with Crippen LogP contribution in [0.15, 0.2) is 36.4 Å². The summed E-state index contributed by atoms with van der Waals surface area (Å²) >= 11 is 11.9. The normalized spacial score (nSPS) is 11.6. The van der Waals surface area contributed by atoms with E-state index in [1.54, 1.807) is 24.3 Å². The van der Waals surface area contributed by atoms with Crippen LogP contribution in [0.3, 0.4) is 0 Å². The Morgan fingerprint density at radius 2 is 1.81 bits per heavy atom. The second-order valence-electron chi connectivity index (χ2n) is 6.08. The second kappa shape index (κ2) is 8.39. The third-order valence-electron chi connectivity index (χ3n) is 4.01. The maximum absolute atomic E-state index is 12.4. The van der Waals surface area contributed by atoms with Crippen LogP contribution in [0.25, 0.3) is 0 Å². The highest BCUT2D eigenvalue weighted by atomic mass is 35.5.